The fourth-order valence-corrected chi connectivity index (χ4v) is 4.19. The molecule has 1 aliphatic heterocycles. The van der Waals surface area contributed by atoms with Crippen LogP contribution in [0.2, 0.25) is 0 Å². The second-order valence-electron chi connectivity index (χ2n) is 6.33. The zero-order valence-electron chi connectivity index (χ0n) is 14.3. The van der Waals surface area contributed by atoms with Gasteiger partial charge in [-0.25, -0.2) is 13.1 Å². The van der Waals surface area contributed by atoms with Gasteiger partial charge >= 0.3 is 0 Å². The Morgan fingerprint density at radius 2 is 1.78 bits per heavy atom. The van der Waals surface area contributed by atoms with Crippen molar-refractivity contribution in [2.45, 2.75) is 39.0 Å². The number of likely N-dealkylation sites (tertiary alicyclic amines) is 1. The van der Waals surface area contributed by atoms with E-state index in [1.807, 2.05) is 7.05 Å². The summed E-state index contributed by atoms with van der Waals surface area (Å²) in [5.41, 5.74) is 0. The van der Waals surface area contributed by atoms with Gasteiger partial charge in [-0.3, -0.25) is 4.99 Å². The molecule has 1 saturated carbocycles. The van der Waals surface area contributed by atoms with E-state index in [4.69, 9.17) is 0 Å². The molecule has 2 fully saturated rings. The van der Waals surface area contributed by atoms with Crippen molar-refractivity contribution in [2.24, 2.45) is 16.8 Å². The van der Waals surface area contributed by atoms with E-state index < -0.39 is 10.0 Å². The summed E-state index contributed by atoms with van der Waals surface area (Å²) < 4.78 is 25.3. The standard InChI is InChI=1S/C15H30N4O2S.HI/c1-3-22(20,21)18-10-6-9-17-15(16-2)19-11-13-7-4-5-8-14(13)12-19;/h13-14,18H,3-12H2,1-2H3,(H,16,17);1H. The van der Waals surface area contributed by atoms with E-state index in [1.165, 1.54) is 25.7 Å². The number of hydrogen-bond acceptors (Lipinski definition) is 3. The molecular weight excluding hydrogens is 427 g/mol. The predicted octanol–water partition coefficient (Wildman–Crippen LogP) is 1.63. The first-order chi connectivity index (χ1) is 10.6. The molecule has 136 valence electrons. The second kappa shape index (κ2) is 10.0. The number of aliphatic imine (C=N–C) groups is 1. The maximum atomic E-state index is 11.3. The van der Waals surface area contributed by atoms with Crippen molar-refractivity contribution in [3.63, 3.8) is 0 Å². The van der Waals surface area contributed by atoms with Crippen LogP contribution in [0, 0.1) is 11.8 Å². The highest BCUT2D eigenvalue weighted by molar-refractivity contribution is 14.0. The summed E-state index contributed by atoms with van der Waals surface area (Å²) in [7, 11) is -1.25. The second-order valence-corrected chi connectivity index (χ2v) is 8.43. The van der Waals surface area contributed by atoms with E-state index in [-0.39, 0.29) is 29.7 Å². The summed E-state index contributed by atoms with van der Waals surface area (Å²) in [5, 5.41) is 3.37. The summed E-state index contributed by atoms with van der Waals surface area (Å²) >= 11 is 0. The molecule has 2 N–H and O–H groups in total. The molecule has 23 heavy (non-hydrogen) atoms. The average molecular weight is 458 g/mol. The van der Waals surface area contributed by atoms with Gasteiger partial charge < -0.3 is 10.2 Å². The molecule has 2 rings (SSSR count). The molecule has 1 saturated heterocycles. The number of guanidine groups is 1. The molecule has 0 bridgehead atoms. The summed E-state index contributed by atoms with van der Waals surface area (Å²) in [6, 6.07) is 0. The van der Waals surface area contributed by atoms with Crippen LogP contribution in [0.4, 0.5) is 0 Å². The highest BCUT2D eigenvalue weighted by Gasteiger charge is 2.35. The first-order valence-electron chi connectivity index (χ1n) is 8.48. The molecule has 0 radical (unpaired) electrons. The third-order valence-electron chi connectivity index (χ3n) is 4.83. The van der Waals surface area contributed by atoms with E-state index in [1.54, 1.807) is 6.92 Å². The number of halogens is 1. The van der Waals surface area contributed by atoms with Gasteiger partial charge in [-0.05, 0) is 38.0 Å². The number of fused-ring (bicyclic) bond motifs is 1. The zero-order valence-corrected chi connectivity index (χ0v) is 17.4. The maximum Gasteiger partial charge on any atom is 0.211 e. The monoisotopic (exact) mass is 458 g/mol. The third-order valence-corrected chi connectivity index (χ3v) is 6.23. The van der Waals surface area contributed by atoms with Gasteiger partial charge in [0, 0.05) is 33.2 Å². The first-order valence-corrected chi connectivity index (χ1v) is 10.1. The number of rotatable bonds is 6. The highest BCUT2D eigenvalue weighted by atomic mass is 127. The van der Waals surface area contributed by atoms with Crippen LogP contribution in [0.15, 0.2) is 4.99 Å². The van der Waals surface area contributed by atoms with Gasteiger partial charge in [-0.15, -0.1) is 24.0 Å². The van der Waals surface area contributed by atoms with E-state index in [0.29, 0.717) is 6.54 Å². The van der Waals surface area contributed by atoms with Crippen LogP contribution in [0.1, 0.15) is 39.0 Å². The number of hydrogen-bond donors (Lipinski definition) is 2. The fraction of sp³-hybridized carbons (Fsp3) is 0.933. The number of nitrogens with zero attached hydrogens (tertiary/aromatic N) is 2. The van der Waals surface area contributed by atoms with Gasteiger partial charge in [0.05, 0.1) is 5.75 Å². The Kier molecular flexibility index (Phi) is 9.13. The molecule has 0 spiro atoms. The molecular formula is C15H31IN4O2S. The van der Waals surface area contributed by atoms with Gasteiger partial charge in [0.2, 0.25) is 10.0 Å². The quantitative estimate of drug-likeness (QED) is 0.275. The molecule has 2 aliphatic rings. The van der Waals surface area contributed by atoms with Crippen molar-refractivity contribution in [3.05, 3.63) is 0 Å². The highest BCUT2D eigenvalue weighted by Crippen LogP contribution is 2.35. The van der Waals surface area contributed by atoms with E-state index in [2.05, 4.69) is 19.9 Å². The normalized spacial score (nSPS) is 25.0. The van der Waals surface area contributed by atoms with E-state index in [9.17, 15) is 8.42 Å². The SMILES string of the molecule is CCS(=O)(=O)NCCCNC(=NC)N1CC2CCCCC2C1.I. The van der Waals surface area contributed by atoms with Crippen molar-refractivity contribution in [3.8, 4) is 0 Å². The zero-order chi connectivity index (χ0) is 16.0. The number of nitrogens with one attached hydrogen (secondary N) is 2. The Hall–Kier alpha value is -0.0900. The summed E-state index contributed by atoms with van der Waals surface area (Å²) in [6.07, 6.45) is 6.23. The van der Waals surface area contributed by atoms with E-state index >= 15 is 0 Å². The Balaban J connectivity index is 0.00000264. The molecule has 2 atom stereocenters. The van der Waals surface area contributed by atoms with Crippen LogP contribution in [-0.2, 0) is 10.0 Å². The molecule has 0 aromatic carbocycles. The van der Waals surface area contributed by atoms with Gasteiger partial charge in [0.1, 0.15) is 0 Å². The van der Waals surface area contributed by atoms with Crippen LogP contribution in [-0.4, -0.2) is 58.3 Å². The Morgan fingerprint density at radius 3 is 2.30 bits per heavy atom. The Morgan fingerprint density at radius 1 is 1.17 bits per heavy atom. The van der Waals surface area contributed by atoms with Crippen molar-refractivity contribution >= 4 is 40.0 Å². The lowest BCUT2D eigenvalue weighted by atomic mass is 9.82. The van der Waals surface area contributed by atoms with Crippen LogP contribution >= 0.6 is 24.0 Å². The average Bonchev–Trinajstić information content (AvgIpc) is 2.94. The van der Waals surface area contributed by atoms with Gasteiger partial charge in [-0.2, -0.15) is 0 Å². The first kappa shape index (κ1) is 21.0. The van der Waals surface area contributed by atoms with Crippen LogP contribution in [0.3, 0.4) is 0 Å². The third kappa shape index (κ3) is 6.38. The molecule has 0 aromatic heterocycles. The Bertz CT molecular complexity index is 470. The summed E-state index contributed by atoms with van der Waals surface area (Å²) in [4.78, 5) is 6.76. The van der Waals surface area contributed by atoms with Crippen molar-refractivity contribution in [2.75, 3.05) is 39.0 Å². The molecule has 6 nitrogen and oxygen atoms in total. The lowest BCUT2D eigenvalue weighted by molar-refractivity contribution is 0.299. The fourth-order valence-electron chi connectivity index (χ4n) is 3.53. The minimum absolute atomic E-state index is 0. The molecule has 2 unspecified atom stereocenters. The van der Waals surface area contributed by atoms with Crippen LogP contribution in [0.5, 0.6) is 0 Å². The lowest BCUT2D eigenvalue weighted by Crippen LogP contribution is -2.41. The minimum atomic E-state index is -3.07. The van der Waals surface area contributed by atoms with Crippen LogP contribution < -0.4 is 10.0 Å². The Labute approximate surface area is 157 Å². The van der Waals surface area contributed by atoms with Crippen molar-refractivity contribution in [1.29, 1.82) is 0 Å². The summed E-state index contributed by atoms with van der Waals surface area (Å²) in [5.74, 6) is 2.78. The molecule has 0 amide bonds. The van der Waals surface area contributed by atoms with Crippen molar-refractivity contribution < 1.29 is 8.42 Å². The van der Waals surface area contributed by atoms with Crippen LogP contribution in [0.25, 0.3) is 0 Å². The molecule has 1 heterocycles. The molecule has 8 heteroatoms. The smallest absolute Gasteiger partial charge is 0.211 e. The van der Waals surface area contributed by atoms with Crippen molar-refractivity contribution in [1.82, 2.24) is 14.9 Å². The van der Waals surface area contributed by atoms with Gasteiger partial charge in [-0.1, -0.05) is 12.8 Å². The molecule has 0 aromatic rings. The largest absolute Gasteiger partial charge is 0.356 e. The summed E-state index contributed by atoms with van der Waals surface area (Å²) in [6.45, 7) is 5.10. The lowest BCUT2D eigenvalue weighted by Gasteiger charge is -2.22. The minimum Gasteiger partial charge on any atom is -0.356 e. The van der Waals surface area contributed by atoms with Gasteiger partial charge in [0.25, 0.3) is 0 Å². The van der Waals surface area contributed by atoms with E-state index in [0.717, 1.165) is 43.9 Å². The maximum absolute atomic E-state index is 11.3. The molecule has 1 aliphatic carbocycles. The predicted molar refractivity (Wildman–Crippen MR) is 106 cm³/mol. The van der Waals surface area contributed by atoms with Gasteiger partial charge in [0.15, 0.2) is 5.96 Å². The topological polar surface area (TPSA) is 73.8 Å². The number of sulfonamides is 1.